The van der Waals surface area contributed by atoms with Crippen molar-refractivity contribution in [1.82, 2.24) is 5.27 Å². The molecule has 0 unspecified atom stereocenters. The predicted molar refractivity (Wildman–Crippen MR) is 118 cm³/mol. The van der Waals surface area contributed by atoms with E-state index in [-0.39, 0.29) is 12.3 Å². The lowest BCUT2D eigenvalue weighted by atomic mass is 10.3. The highest BCUT2D eigenvalue weighted by Gasteiger charge is 2.24. The molecule has 2 N–H and O–H groups in total. The van der Waals surface area contributed by atoms with Crippen molar-refractivity contribution in [2.24, 2.45) is 0 Å². The number of hydrogen-bond acceptors (Lipinski definition) is 6. The summed E-state index contributed by atoms with van der Waals surface area (Å²) in [4.78, 5) is 24.3. The second kappa shape index (κ2) is 11.3. The molecule has 2 aromatic carbocycles. The number of carbonyl (C=O) groups is 1. The maximum atomic E-state index is 12.3. The molecule has 0 spiro atoms. The van der Waals surface area contributed by atoms with Crippen molar-refractivity contribution in [3.05, 3.63) is 59.0 Å². The van der Waals surface area contributed by atoms with Crippen LogP contribution in [0.5, 0.6) is 11.5 Å². The molecule has 164 valence electrons. The molecule has 0 bridgehead atoms. The Morgan fingerprint density at radius 2 is 1.84 bits per heavy atom. The second-order valence-corrected chi connectivity index (χ2v) is 7.78. The van der Waals surface area contributed by atoms with Gasteiger partial charge in [-0.3, -0.25) is 9.32 Å². The van der Waals surface area contributed by atoms with Crippen LogP contribution in [-0.2, 0) is 4.79 Å². The summed E-state index contributed by atoms with van der Waals surface area (Å²) in [6, 6.07) is 14.5. The first kappa shape index (κ1) is 22.5. The fraction of sp³-hybridized carbons (Fsp3) is 0.318. The minimum Gasteiger partial charge on any atom is -0.497 e. The van der Waals surface area contributed by atoms with E-state index in [0.29, 0.717) is 28.8 Å². The number of H-pyrrole nitrogens is 1. The summed E-state index contributed by atoms with van der Waals surface area (Å²) in [5.74, 6) is 1.77. The predicted octanol–water partition coefficient (Wildman–Crippen LogP) is 3.55. The summed E-state index contributed by atoms with van der Waals surface area (Å²) in [6.45, 7) is 2.80. The molecule has 1 aromatic heterocycles. The van der Waals surface area contributed by atoms with Crippen molar-refractivity contribution in [3.8, 4) is 17.2 Å². The SMILES string of the molecule is CCCCOc1ccc(NC(=O)CCSc2c(=O)o[nH][n+]2-c2ccc(OC)cc2)cc1. The standard InChI is InChI=1S/C22H25N3O5S/c1-3-4-14-29-19-9-5-16(6-10-19)23-20(26)13-15-31-21-22(27)30-24-25(21)17-7-11-18(28-2)12-8-17/h5-12H,3-4,13-15H2,1-2H3,(H-,23,24,26,27)/p+1. The molecular weight excluding hydrogens is 418 g/mol. The van der Waals surface area contributed by atoms with Crippen LogP contribution in [0.3, 0.4) is 0 Å². The number of ether oxygens (including phenoxy) is 2. The Kier molecular flexibility index (Phi) is 8.17. The van der Waals surface area contributed by atoms with Gasteiger partial charge in [-0.1, -0.05) is 13.3 Å². The fourth-order valence-electron chi connectivity index (χ4n) is 2.72. The highest BCUT2D eigenvalue weighted by atomic mass is 32.2. The Bertz CT molecular complexity index is 1030. The lowest BCUT2D eigenvalue weighted by Crippen LogP contribution is -2.36. The van der Waals surface area contributed by atoms with E-state index in [1.54, 1.807) is 36.1 Å². The topological polar surface area (TPSA) is 97.4 Å². The van der Waals surface area contributed by atoms with Gasteiger partial charge in [-0.2, -0.15) is 0 Å². The Labute approximate surface area is 184 Å². The van der Waals surface area contributed by atoms with Crippen LogP contribution in [0, 0.1) is 0 Å². The Balaban J connectivity index is 1.51. The monoisotopic (exact) mass is 444 g/mol. The van der Waals surface area contributed by atoms with Gasteiger partial charge in [0.2, 0.25) is 11.6 Å². The van der Waals surface area contributed by atoms with E-state index < -0.39 is 5.63 Å². The molecule has 9 heteroatoms. The Hall–Kier alpha value is -3.20. The van der Waals surface area contributed by atoms with Crippen molar-refractivity contribution in [2.45, 2.75) is 31.2 Å². The van der Waals surface area contributed by atoms with Crippen LogP contribution < -0.4 is 25.1 Å². The summed E-state index contributed by atoms with van der Waals surface area (Å²) in [5, 5.41) is 5.80. The minimum absolute atomic E-state index is 0.136. The Morgan fingerprint density at radius 1 is 1.13 bits per heavy atom. The lowest BCUT2D eigenvalue weighted by Gasteiger charge is -2.07. The van der Waals surface area contributed by atoms with E-state index >= 15 is 0 Å². The average molecular weight is 445 g/mol. The molecule has 8 nitrogen and oxygen atoms in total. The number of nitrogens with one attached hydrogen (secondary N) is 2. The van der Waals surface area contributed by atoms with E-state index in [9.17, 15) is 9.59 Å². The summed E-state index contributed by atoms with van der Waals surface area (Å²) in [6.07, 6.45) is 2.33. The number of hydrogen-bond donors (Lipinski definition) is 2. The van der Waals surface area contributed by atoms with Crippen LogP contribution in [0.25, 0.3) is 5.69 Å². The van der Waals surface area contributed by atoms with Gasteiger partial charge in [-0.25, -0.2) is 4.79 Å². The lowest BCUT2D eigenvalue weighted by molar-refractivity contribution is -0.704. The van der Waals surface area contributed by atoms with Crippen LogP contribution >= 0.6 is 11.8 Å². The van der Waals surface area contributed by atoms with Crippen LogP contribution in [0.15, 0.2) is 62.9 Å². The Morgan fingerprint density at radius 3 is 2.52 bits per heavy atom. The van der Waals surface area contributed by atoms with Crippen molar-refractivity contribution >= 4 is 23.4 Å². The molecule has 0 saturated heterocycles. The third-order valence-electron chi connectivity index (χ3n) is 4.41. The summed E-state index contributed by atoms with van der Waals surface area (Å²) < 4.78 is 17.2. The van der Waals surface area contributed by atoms with Crippen molar-refractivity contribution in [1.29, 1.82) is 0 Å². The molecule has 0 aliphatic carbocycles. The van der Waals surface area contributed by atoms with E-state index in [2.05, 4.69) is 17.5 Å². The van der Waals surface area contributed by atoms with Gasteiger partial charge >= 0.3 is 10.7 Å². The summed E-state index contributed by atoms with van der Waals surface area (Å²) in [7, 11) is 1.59. The number of aromatic amines is 1. The third-order valence-corrected chi connectivity index (χ3v) is 5.44. The molecule has 0 aliphatic rings. The number of nitrogens with zero attached hydrogens (tertiary/aromatic N) is 1. The van der Waals surface area contributed by atoms with Crippen LogP contribution in [-0.4, -0.2) is 30.6 Å². The molecule has 0 fully saturated rings. The smallest absolute Gasteiger partial charge is 0.442 e. The number of rotatable bonds is 11. The molecule has 0 aliphatic heterocycles. The van der Waals surface area contributed by atoms with E-state index in [0.717, 1.165) is 24.3 Å². The van der Waals surface area contributed by atoms with Crippen molar-refractivity contribution in [2.75, 3.05) is 24.8 Å². The number of carbonyl (C=O) groups excluding carboxylic acids is 1. The molecular formula is C22H26N3O5S+. The van der Waals surface area contributed by atoms with Gasteiger partial charge in [0, 0.05) is 30.0 Å². The van der Waals surface area contributed by atoms with Crippen LogP contribution in [0.2, 0.25) is 0 Å². The summed E-state index contributed by atoms with van der Waals surface area (Å²) >= 11 is 1.25. The normalized spacial score (nSPS) is 10.6. The number of aromatic nitrogens is 2. The average Bonchev–Trinajstić information content (AvgIpc) is 3.15. The molecule has 3 aromatic rings. The first-order valence-corrected chi connectivity index (χ1v) is 11.0. The maximum Gasteiger partial charge on any atom is 0.442 e. The summed E-state index contributed by atoms with van der Waals surface area (Å²) in [5.41, 5.74) is 0.937. The van der Waals surface area contributed by atoms with Gasteiger partial charge in [0.15, 0.2) is 0 Å². The molecule has 31 heavy (non-hydrogen) atoms. The number of benzene rings is 2. The number of unbranched alkanes of at least 4 members (excludes halogenated alkanes) is 1. The van der Waals surface area contributed by atoms with E-state index in [4.69, 9.17) is 14.0 Å². The van der Waals surface area contributed by atoms with Gasteiger partial charge in [0.1, 0.15) is 11.5 Å². The first-order valence-electron chi connectivity index (χ1n) is 10.0. The molecule has 1 amide bonds. The molecule has 0 saturated carbocycles. The molecule has 1 heterocycles. The van der Waals surface area contributed by atoms with Crippen LogP contribution in [0.1, 0.15) is 26.2 Å². The van der Waals surface area contributed by atoms with Gasteiger partial charge in [-0.15, -0.1) is 0 Å². The highest BCUT2D eigenvalue weighted by molar-refractivity contribution is 7.99. The largest absolute Gasteiger partial charge is 0.497 e. The molecule has 0 radical (unpaired) electrons. The van der Waals surface area contributed by atoms with Gasteiger partial charge in [0.25, 0.3) is 0 Å². The van der Waals surface area contributed by atoms with Gasteiger partial charge in [0.05, 0.1) is 13.7 Å². The fourth-order valence-corrected chi connectivity index (χ4v) is 3.63. The molecule has 3 rings (SSSR count). The third kappa shape index (κ3) is 6.39. The highest BCUT2D eigenvalue weighted by Crippen LogP contribution is 2.18. The number of thioether (sulfide) groups is 1. The van der Waals surface area contributed by atoms with E-state index in [1.165, 1.54) is 11.8 Å². The number of anilines is 1. The van der Waals surface area contributed by atoms with E-state index in [1.807, 2.05) is 24.3 Å². The van der Waals surface area contributed by atoms with Gasteiger partial charge in [-0.05, 0) is 64.5 Å². The number of amides is 1. The van der Waals surface area contributed by atoms with Crippen LogP contribution in [0.4, 0.5) is 5.69 Å². The maximum absolute atomic E-state index is 12.3. The zero-order valence-corrected chi connectivity index (χ0v) is 18.4. The van der Waals surface area contributed by atoms with Crippen molar-refractivity contribution in [3.63, 3.8) is 0 Å². The van der Waals surface area contributed by atoms with Crippen molar-refractivity contribution < 1.29 is 23.5 Å². The first-order chi connectivity index (χ1) is 15.1. The minimum atomic E-state index is -0.486. The molecule has 0 atom stereocenters. The zero-order valence-electron chi connectivity index (χ0n) is 17.6. The second-order valence-electron chi connectivity index (χ2n) is 6.69. The van der Waals surface area contributed by atoms with Gasteiger partial charge < -0.3 is 14.8 Å². The number of methoxy groups -OCH3 is 1. The quantitative estimate of drug-likeness (QED) is 0.267. The zero-order chi connectivity index (χ0) is 22.1.